The van der Waals surface area contributed by atoms with E-state index in [1.807, 2.05) is 0 Å². The summed E-state index contributed by atoms with van der Waals surface area (Å²) in [5.74, 6) is 4.83. The van der Waals surface area contributed by atoms with Gasteiger partial charge in [0.25, 0.3) is 0 Å². The number of hydrogen-bond donors (Lipinski definition) is 1. The lowest BCUT2D eigenvalue weighted by Crippen LogP contribution is -2.10. The van der Waals surface area contributed by atoms with E-state index in [0.29, 0.717) is 22.5 Å². The van der Waals surface area contributed by atoms with E-state index in [9.17, 15) is 22.0 Å². The highest BCUT2D eigenvalue weighted by Crippen LogP contribution is 2.39. The minimum Gasteiger partial charge on any atom is -0.492 e. The summed E-state index contributed by atoms with van der Waals surface area (Å²) in [6, 6.07) is 12.3. The molecule has 1 N–H and O–H groups in total. The maximum Gasteiger partial charge on any atom is 0.420 e. The van der Waals surface area contributed by atoms with Crippen molar-refractivity contribution in [3.05, 3.63) is 89.1 Å². The largest absolute Gasteiger partial charge is 0.492 e. The molecule has 2 aromatic heterocycles. The van der Waals surface area contributed by atoms with Gasteiger partial charge in [0.2, 0.25) is 5.13 Å². The highest BCUT2D eigenvalue weighted by Gasteiger charge is 2.35. The van der Waals surface area contributed by atoms with Crippen LogP contribution in [0, 0.1) is 22.8 Å². The zero-order chi connectivity index (χ0) is 24.8. The molecule has 0 spiro atoms. The van der Waals surface area contributed by atoms with Crippen molar-refractivity contribution in [2.75, 3.05) is 11.9 Å². The average Bonchev–Trinajstić information content (AvgIpc) is 3.20. The Bertz CT molecular complexity index is 1360. The summed E-state index contributed by atoms with van der Waals surface area (Å²) in [6.07, 6.45) is -1.53. The van der Waals surface area contributed by atoms with Crippen LogP contribution in [0.5, 0.6) is 5.75 Å². The molecule has 0 fully saturated rings. The summed E-state index contributed by atoms with van der Waals surface area (Å²) in [5.41, 5.74) is 0.189. The van der Waals surface area contributed by atoms with Gasteiger partial charge in [-0.05, 0) is 54.6 Å². The number of nitrogens with zero attached hydrogens (tertiary/aromatic N) is 2. The average molecular weight is 501 g/mol. The Labute approximate surface area is 201 Å². The van der Waals surface area contributed by atoms with Gasteiger partial charge < -0.3 is 10.1 Å². The zero-order valence-electron chi connectivity index (χ0n) is 17.9. The Morgan fingerprint density at radius 1 is 1.03 bits per heavy atom. The maximum absolute atomic E-state index is 14.3. The summed E-state index contributed by atoms with van der Waals surface area (Å²) in [7, 11) is 0. The minimum absolute atomic E-state index is 0.0587. The van der Waals surface area contributed by atoms with E-state index in [4.69, 9.17) is 4.74 Å². The van der Waals surface area contributed by atoms with Crippen molar-refractivity contribution < 1.29 is 26.7 Å². The number of hydrogen-bond acceptors (Lipinski definition) is 5. The van der Waals surface area contributed by atoms with Crippen LogP contribution in [0.15, 0.2) is 67.0 Å². The first kappa shape index (κ1) is 24.2. The molecule has 0 unspecified atom stereocenters. The van der Waals surface area contributed by atoms with Crippen molar-refractivity contribution in [1.29, 1.82) is 0 Å². The Kier molecular flexibility index (Phi) is 7.27. The van der Waals surface area contributed by atoms with Crippen LogP contribution < -0.4 is 10.1 Å². The summed E-state index contributed by atoms with van der Waals surface area (Å²) in [5, 5.41) is 2.23. The molecule has 4 aromatic rings. The second-order valence-electron chi connectivity index (χ2n) is 7.12. The van der Waals surface area contributed by atoms with Crippen molar-refractivity contribution in [3.63, 3.8) is 0 Å². The molecule has 0 aliphatic heterocycles. The highest BCUT2D eigenvalue weighted by molar-refractivity contribution is 7.14. The number of alkyl halides is 3. The van der Waals surface area contributed by atoms with E-state index in [0.717, 1.165) is 6.07 Å². The zero-order valence-corrected chi connectivity index (χ0v) is 18.7. The van der Waals surface area contributed by atoms with Gasteiger partial charge in [-0.1, -0.05) is 23.2 Å². The number of aromatic nitrogens is 2. The van der Waals surface area contributed by atoms with Crippen LogP contribution >= 0.6 is 11.3 Å². The maximum atomic E-state index is 14.3. The lowest BCUT2D eigenvalue weighted by molar-refractivity contribution is -0.138. The molecule has 4 nitrogen and oxygen atoms in total. The van der Waals surface area contributed by atoms with E-state index in [1.165, 1.54) is 48.8 Å². The van der Waals surface area contributed by atoms with Crippen molar-refractivity contribution in [2.24, 2.45) is 0 Å². The summed E-state index contributed by atoms with van der Waals surface area (Å²) < 4.78 is 73.5. The molecular weight excluding hydrogens is 485 g/mol. The second kappa shape index (κ2) is 10.5. The summed E-state index contributed by atoms with van der Waals surface area (Å²) in [4.78, 5) is 8.05. The Morgan fingerprint density at radius 2 is 1.83 bits per heavy atom. The van der Waals surface area contributed by atoms with Gasteiger partial charge in [0.1, 0.15) is 17.3 Å². The smallest absolute Gasteiger partial charge is 0.420 e. The van der Waals surface area contributed by atoms with Crippen molar-refractivity contribution in [2.45, 2.75) is 12.6 Å². The van der Waals surface area contributed by atoms with Gasteiger partial charge in [0.05, 0.1) is 12.2 Å². The highest BCUT2D eigenvalue weighted by atomic mass is 32.1. The van der Waals surface area contributed by atoms with Gasteiger partial charge in [-0.2, -0.15) is 17.6 Å². The van der Waals surface area contributed by atoms with Gasteiger partial charge in [0.15, 0.2) is 5.13 Å². The van der Waals surface area contributed by atoms with Crippen LogP contribution in [-0.4, -0.2) is 16.6 Å². The van der Waals surface area contributed by atoms with E-state index in [1.54, 1.807) is 12.1 Å². The molecule has 4 rings (SSSR count). The molecule has 178 valence electrons. The summed E-state index contributed by atoms with van der Waals surface area (Å²) >= 11 is 0.675. The number of halogens is 5. The molecule has 0 saturated heterocycles. The predicted molar refractivity (Wildman–Crippen MR) is 123 cm³/mol. The van der Waals surface area contributed by atoms with Crippen LogP contribution in [0.25, 0.3) is 11.3 Å². The fraction of sp³-hybridized carbons (Fsp3) is 0.120. The van der Waals surface area contributed by atoms with E-state index in [2.05, 4.69) is 27.1 Å². The molecule has 2 aromatic carbocycles. The number of rotatable bonds is 6. The second-order valence-corrected chi connectivity index (χ2v) is 8.07. The first-order valence-electron chi connectivity index (χ1n) is 10.2. The van der Waals surface area contributed by atoms with Crippen molar-refractivity contribution >= 4 is 22.2 Å². The Morgan fingerprint density at radius 3 is 2.54 bits per heavy atom. The Balaban J connectivity index is 1.45. The number of nitrogens with one attached hydrogen (secondary N) is 1. The lowest BCUT2D eigenvalue weighted by atomic mass is 10.1. The molecule has 0 atom stereocenters. The van der Waals surface area contributed by atoms with Crippen LogP contribution in [0.2, 0.25) is 0 Å². The van der Waals surface area contributed by atoms with Crippen LogP contribution in [0.4, 0.5) is 32.8 Å². The lowest BCUT2D eigenvalue weighted by Gasteiger charge is -2.15. The monoisotopic (exact) mass is 501 g/mol. The first-order valence-corrected chi connectivity index (χ1v) is 11.0. The standard InChI is InChI=1S/C25H16F5N3OS/c26-18-8-6-16(7-9-18)4-1-2-13-34-21-11-10-19(14-20(21)25(28,29)30)32-24-33-22(23(27)35-24)17-5-3-12-31-15-17/h3,5-12,14-15H,2,13H2,(H,32,33). The molecular formula is C25H16F5N3OS. The fourth-order valence-corrected chi connectivity index (χ4v) is 3.76. The fourth-order valence-electron chi connectivity index (χ4n) is 3.02. The molecule has 0 aliphatic rings. The molecule has 0 saturated carbocycles. The third-order valence-corrected chi connectivity index (χ3v) is 5.38. The molecule has 0 amide bonds. The number of thiazole rings is 1. The third kappa shape index (κ3) is 6.33. The minimum atomic E-state index is -4.68. The van der Waals surface area contributed by atoms with Crippen LogP contribution in [-0.2, 0) is 6.18 Å². The van der Waals surface area contributed by atoms with Gasteiger partial charge in [0, 0.05) is 35.6 Å². The van der Waals surface area contributed by atoms with Gasteiger partial charge in [-0.15, -0.1) is 0 Å². The van der Waals surface area contributed by atoms with Crippen LogP contribution in [0.1, 0.15) is 17.5 Å². The topological polar surface area (TPSA) is 47.0 Å². The quantitative estimate of drug-likeness (QED) is 0.174. The molecule has 35 heavy (non-hydrogen) atoms. The molecule has 10 heteroatoms. The van der Waals surface area contributed by atoms with E-state index >= 15 is 0 Å². The normalized spacial score (nSPS) is 11.0. The van der Waals surface area contributed by atoms with Gasteiger partial charge in [-0.3, -0.25) is 4.98 Å². The van der Waals surface area contributed by atoms with Crippen molar-refractivity contribution in [3.8, 4) is 28.8 Å². The van der Waals surface area contributed by atoms with Crippen molar-refractivity contribution in [1.82, 2.24) is 9.97 Å². The molecule has 0 radical (unpaired) electrons. The number of ether oxygens (including phenoxy) is 1. The van der Waals surface area contributed by atoms with Gasteiger partial charge >= 0.3 is 6.18 Å². The predicted octanol–water partition coefficient (Wildman–Crippen LogP) is 7.07. The molecule has 2 heterocycles. The SMILES string of the molecule is Fc1ccc(C#CCCOc2ccc(Nc3nc(-c4cccnc4)c(F)s3)cc2C(F)(F)F)cc1. The number of benzene rings is 2. The van der Waals surface area contributed by atoms with E-state index in [-0.39, 0.29) is 41.1 Å². The van der Waals surface area contributed by atoms with Gasteiger partial charge in [-0.25, -0.2) is 9.37 Å². The third-order valence-electron chi connectivity index (χ3n) is 4.62. The Hall–Kier alpha value is -3.97. The summed E-state index contributed by atoms with van der Waals surface area (Å²) in [6.45, 7) is -0.0732. The number of anilines is 2. The first-order chi connectivity index (χ1) is 16.8. The van der Waals surface area contributed by atoms with Crippen LogP contribution in [0.3, 0.4) is 0 Å². The molecule has 0 bridgehead atoms. The van der Waals surface area contributed by atoms with E-state index < -0.39 is 16.9 Å². The molecule has 0 aliphatic carbocycles. The number of pyridine rings is 1.